The maximum absolute atomic E-state index is 13.4. The molecule has 0 atom stereocenters. The third kappa shape index (κ3) is 6.78. The second kappa shape index (κ2) is 12.3. The van der Waals surface area contributed by atoms with Crippen LogP contribution in [0.1, 0.15) is 12.0 Å². The lowest BCUT2D eigenvalue weighted by atomic mass is 10.2. The number of anilines is 1. The van der Waals surface area contributed by atoms with Crippen molar-refractivity contribution >= 4 is 16.7 Å². The van der Waals surface area contributed by atoms with Gasteiger partial charge in [-0.1, -0.05) is 0 Å². The van der Waals surface area contributed by atoms with E-state index in [0.717, 1.165) is 52.0 Å². The minimum atomic E-state index is -4.55. The molecule has 3 heterocycles. The SMILES string of the molecule is COc1cc(NCOCNCCCN2CCOCC2)ccc1Oc1ccnc2[nH]cc(C(F)(F)F)c12. The Labute approximate surface area is 206 Å². The van der Waals surface area contributed by atoms with E-state index in [-0.39, 0.29) is 29.3 Å². The number of halogens is 3. The molecule has 0 bridgehead atoms. The zero-order chi connectivity index (χ0) is 25.4. The Hall–Kier alpha value is -3.06. The highest BCUT2D eigenvalue weighted by Gasteiger charge is 2.35. The number of methoxy groups -OCH3 is 1. The van der Waals surface area contributed by atoms with E-state index in [1.165, 1.54) is 19.4 Å². The molecule has 0 radical (unpaired) electrons. The van der Waals surface area contributed by atoms with E-state index in [1.807, 2.05) is 0 Å². The molecular weight excluding hydrogens is 479 g/mol. The summed E-state index contributed by atoms with van der Waals surface area (Å²) >= 11 is 0. The summed E-state index contributed by atoms with van der Waals surface area (Å²) < 4.78 is 62.4. The highest BCUT2D eigenvalue weighted by molar-refractivity contribution is 5.87. The van der Waals surface area contributed by atoms with Crippen molar-refractivity contribution in [2.45, 2.75) is 12.6 Å². The van der Waals surface area contributed by atoms with Crippen LogP contribution in [0.25, 0.3) is 11.0 Å². The van der Waals surface area contributed by atoms with E-state index in [4.69, 9.17) is 18.9 Å². The number of fused-ring (bicyclic) bond motifs is 1. The third-order valence-corrected chi connectivity index (χ3v) is 5.74. The number of nitrogens with zero attached hydrogens (tertiary/aromatic N) is 2. The Morgan fingerprint density at radius 2 is 1.94 bits per heavy atom. The van der Waals surface area contributed by atoms with Crippen molar-refractivity contribution in [2.75, 3.05) is 65.3 Å². The standard InChI is InChI=1S/C24H30F3N5O4/c1-33-21-13-17(31-16-35-15-28-6-2-8-32-9-11-34-12-10-32)3-4-19(21)36-20-5-7-29-23-22(20)18(14-30-23)24(25,26)27/h3-5,7,13-14,28,31H,2,6,8-12,15-16H2,1H3,(H,29,30). The summed E-state index contributed by atoms with van der Waals surface area (Å²) in [4.78, 5) is 8.89. The number of H-pyrrole nitrogens is 1. The predicted molar refractivity (Wildman–Crippen MR) is 128 cm³/mol. The quantitative estimate of drug-likeness (QED) is 0.249. The van der Waals surface area contributed by atoms with Crippen LogP contribution in [0, 0.1) is 0 Å². The second-order valence-electron chi connectivity index (χ2n) is 8.18. The van der Waals surface area contributed by atoms with Crippen LogP contribution in [0.15, 0.2) is 36.7 Å². The molecule has 1 aromatic carbocycles. The highest BCUT2D eigenvalue weighted by atomic mass is 19.4. The first-order chi connectivity index (χ1) is 17.5. The molecule has 9 nitrogen and oxygen atoms in total. The van der Waals surface area contributed by atoms with E-state index in [1.54, 1.807) is 18.2 Å². The molecule has 2 aromatic heterocycles. The fraction of sp³-hybridized carbons (Fsp3) is 0.458. The molecule has 1 aliphatic heterocycles. The van der Waals surface area contributed by atoms with Gasteiger partial charge in [0.15, 0.2) is 11.5 Å². The van der Waals surface area contributed by atoms with Gasteiger partial charge in [-0.15, -0.1) is 0 Å². The molecule has 0 spiro atoms. The lowest BCUT2D eigenvalue weighted by Gasteiger charge is -2.26. The largest absolute Gasteiger partial charge is 0.493 e. The summed E-state index contributed by atoms with van der Waals surface area (Å²) in [7, 11) is 1.46. The van der Waals surface area contributed by atoms with Gasteiger partial charge in [-0.2, -0.15) is 13.2 Å². The van der Waals surface area contributed by atoms with Crippen LogP contribution in [-0.4, -0.2) is 74.8 Å². The molecule has 1 saturated heterocycles. The van der Waals surface area contributed by atoms with E-state index in [2.05, 4.69) is 25.5 Å². The number of aromatic nitrogens is 2. The minimum Gasteiger partial charge on any atom is -0.493 e. The van der Waals surface area contributed by atoms with Gasteiger partial charge >= 0.3 is 6.18 Å². The summed E-state index contributed by atoms with van der Waals surface area (Å²) in [6.45, 7) is 6.15. The van der Waals surface area contributed by atoms with Crippen molar-refractivity contribution < 1.29 is 32.1 Å². The Morgan fingerprint density at radius 3 is 2.72 bits per heavy atom. The van der Waals surface area contributed by atoms with Gasteiger partial charge in [0.05, 0.1) is 38.0 Å². The Morgan fingerprint density at radius 1 is 1.11 bits per heavy atom. The lowest BCUT2D eigenvalue weighted by Crippen LogP contribution is -2.37. The first kappa shape index (κ1) is 26.0. The monoisotopic (exact) mass is 509 g/mol. The van der Waals surface area contributed by atoms with Gasteiger partial charge in [0, 0.05) is 37.2 Å². The molecule has 0 saturated carbocycles. The summed E-state index contributed by atoms with van der Waals surface area (Å²) in [6, 6.07) is 6.43. The van der Waals surface area contributed by atoms with Crippen molar-refractivity contribution in [3.05, 3.63) is 42.2 Å². The Balaban J connectivity index is 1.27. The fourth-order valence-corrected chi connectivity index (χ4v) is 3.90. The van der Waals surface area contributed by atoms with Crippen molar-refractivity contribution in [2.24, 2.45) is 0 Å². The lowest BCUT2D eigenvalue weighted by molar-refractivity contribution is -0.136. The molecule has 3 N–H and O–H groups in total. The van der Waals surface area contributed by atoms with Crippen molar-refractivity contribution in [1.82, 2.24) is 20.2 Å². The molecule has 36 heavy (non-hydrogen) atoms. The highest BCUT2D eigenvalue weighted by Crippen LogP contribution is 2.41. The number of aromatic amines is 1. The minimum absolute atomic E-state index is 0.0237. The van der Waals surface area contributed by atoms with Gasteiger partial charge in [0.25, 0.3) is 0 Å². The predicted octanol–water partition coefficient (Wildman–Crippen LogP) is 4.04. The van der Waals surface area contributed by atoms with Gasteiger partial charge < -0.3 is 29.2 Å². The van der Waals surface area contributed by atoms with Gasteiger partial charge in [0.2, 0.25) is 0 Å². The van der Waals surface area contributed by atoms with Crippen LogP contribution >= 0.6 is 0 Å². The fourth-order valence-electron chi connectivity index (χ4n) is 3.90. The average molecular weight is 510 g/mol. The number of hydrogen-bond donors (Lipinski definition) is 3. The molecular formula is C24H30F3N5O4. The molecule has 0 amide bonds. The number of benzene rings is 1. The normalized spacial score (nSPS) is 14.8. The van der Waals surface area contributed by atoms with Crippen molar-refractivity contribution in [3.63, 3.8) is 0 Å². The summed E-state index contributed by atoms with van der Waals surface area (Å²) in [6.07, 6.45) is -1.25. The zero-order valence-corrected chi connectivity index (χ0v) is 20.0. The number of alkyl halides is 3. The molecule has 0 aliphatic carbocycles. The van der Waals surface area contributed by atoms with Gasteiger partial charge in [-0.25, -0.2) is 4.98 Å². The van der Waals surface area contributed by atoms with Crippen LogP contribution < -0.4 is 20.1 Å². The van der Waals surface area contributed by atoms with Gasteiger partial charge in [-0.05, 0) is 37.7 Å². The molecule has 3 aromatic rings. The smallest absolute Gasteiger partial charge is 0.418 e. The Kier molecular flexibility index (Phi) is 8.86. The molecule has 4 rings (SSSR count). The van der Waals surface area contributed by atoms with Crippen LogP contribution in [0.2, 0.25) is 0 Å². The van der Waals surface area contributed by atoms with Crippen LogP contribution in [-0.2, 0) is 15.7 Å². The first-order valence-corrected chi connectivity index (χ1v) is 11.7. The van der Waals surface area contributed by atoms with E-state index < -0.39 is 11.7 Å². The topological polar surface area (TPSA) is 92.9 Å². The second-order valence-corrected chi connectivity index (χ2v) is 8.18. The number of rotatable bonds is 12. The summed E-state index contributed by atoms with van der Waals surface area (Å²) in [5.74, 6) is 0.652. The van der Waals surface area contributed by atoms with Crippen LogP contribution in [0.3, 0.4) is 0 Å². The van der Waals surface area contributed by atoms with E-state index >= 15 is 0 Å². The average Bonchev–Trinajstić information content (AvgIpc) is 3.33. The maximum atomic E-state index is 13.4. The first-order valence-electron chi connectivity index (χ1n) is 11.7. The van der Waals surface area contributed by atoms with Crippen LogP contribution in [0.4, 0.5) is 18.9 Å². The van der Waals surface area contributed by atoms with Crippen molar-refractivity contribution in [3.8, 4) is 17.2 Å². The third-order valence-electron chi connectivity index (χ3n) is 5.74. The van der Waals surface area contributed by atoms with Crippen LogP contribution in [0.5, 0.6) is 17.2 Å². The Bertz CT molecular complexity index is 1120. The number of pyridine rings is 1. The van der Waals surface area contributed by atoms with Gasteiger partial charge in [0.1, 0.15) is 18.1 Å². The number of morpholine rings is 1. The molecule has 1 fully saturated rings. The molecule has 196 valence electrons. The zero-order valence-electron chi connectivity index (χ0n) is 20.0. The summed E-state index contributed by atoms with van der Waals surface area (Å²) in [5, 5.41) is 6.23. The van der Waals surface area contributed by atoms with Gasteiger partial charge in [-0.3, -0.25) is 10.2 Å². The number of ether oxygens (including phenoxy) is 4. The van der Waals surface area contributed by atoms with E-state index in [9.17, 15) is 13.2 Å². The summed E-state index contributed by atoms with van der Waals surface area (Å²) in [5.41, 5.74) is -0.0438. The number of nitrogens with one attached hydrogen (secondary N) is 3. The molecule has 1 aliphatic rings. The number of hydrogen-bond acceptors (Lipinski definition) is 8. The van der Waals surface area contributed by atoms with Crippen molar-refractivity contribution in [1.29, 1.82) is 0 Å². The maximum Gasteiger partial charge on any atom is 0.418 e. The van der Waals surface area contributed by atoms with E-state index in [0.29, 0.717) is 18.2 Å². The molecule has 12 heteroatoms. The molecule has 0 unspecified atom stereocenters.